The zero-order valence-electron chi connectivity index (χ0n) is 16.2. The molecular formula is C20H30ClN3O3. The molecule has 0 saturated carbocycles. The third-order valence-corrected chi connectivity index (χ3v) is 4.98. The molecule has 150 valence electrons. The van der Waals surface area contributed by atoms with Gasteiger partial charge in [-0.3, -0.25) is 14.5 Å². The Morgan fingerprint density at radius 2 is 1.93 bits per heavy atom. The standard InChI is InChI=1S/C20H30ClN3O3/c1-3-4-19(25)24(15-17-5-7-18(21)8-6-17)16(2)20(26)22-9-10-23-11-13-27-14-12-23/h5-8,16H,3-4,9-15H2,1-2H3,(H,22,26)/t16-/m0/s1. The Morgan fingerprint density at radius 1 is 1.26 bits per heavy atom. The topological polar surface area (TPSA) is 61.9 Å². The molecule has 0 radical (unpaired) electrons. The highest BCUT2D eigenvalue weighted by atomic mass is 35.5. The van der Waals surface area contributed by atoms with Crippen molar-refractivity contribution >= 4 is 23.4 Å². The van der Waals surface area contributed by atoms with Crippen molar-refractivity contribution in [2.75, 3.05) is 39.4 Å². The van der Waals surface area contributed by atoms with Gasteiger partial charge in [-0.2, -0.15) is 0 Å². The molecule has 1 heterocycles. The van der Waals surface area contributed by atoms with E-state index in [1.54, 1.807) is 24.0 Å². The van der Waals surface area contributed by atoms with E-state index in [1.807, 2.05) is 19.1 Å². The second kappa shape index (κ2) is 11.3. The minimum Gasteiger partial charge on any atom is -0.379 e. The average molecular weight is 396 g/mol. The van der Waals surface area contributed by atoms with Gasteiger partial charge in [-0.05, 0) is 31.0 Å². The third kappa shape index (κ3) is 7.13. The molecule has 1 atom stereocenters. The van der Waals surface area contributed by atoms with E-state index in [0.717, 1.165) is 44.8 Å². The van der Waals surface area contributed by atoms with Crippen molar-refractivity contribution in [2.45, 2.75) is 39.3 Å². The van der Waals surface area contributed by atoms with Gasteiger partial charge in [0.1, 0.15) is 6.04 Å². The lowest BCUT2D eigenvalue weighted by atomic mass is 10.1. The van der Waals surface area contributed by atoms with Crippen LogP contribution in [0.15, 0.2) is 24.3 Å². The molecule has 1 fully saturated rings. The molecule has 0 bridgehead atoms. The van der Waals surface area contributed by atoms with Crippen LogP contribution >= 0.6 is 11.6 Å². The minimum atomic E-state index is -0.524. The summed E-state index contributed by atoms with van der Waals surface area (Å²) in [6, 6.07) is 6.85. The smallest absolute Gasteiger partial charge is 0.242 e. The maximum Gasteiger partial charge on any atom is 0.242 e. The molecular weight excluding hydrogens is 366 g/mol. The quantitative estimate of drug-likeness (QED) is 0.697. The van der Waals surface area contributed by atoms with Gasteiger partial charge >= 0.3 is 0 Å². The van der Waals surface area contributed by atoms with Crippen molar-refractivity contribution in [3.63, 3.8) is 0 Å². The molecule has 1 aromatic rings. The lowest BCUT2D eigenvalue weighted by Gasteiger charge is -2.30. The zero-order chi connectivity index (χ0) is 19.6. The van der Waals surface area contributed by atoms with Gasteiger partial charge in [0.05, 0.1) is 13.2 Å². The Morgan fingerprint density at radius 3 is 2.56 bits per heavy atom. The first kappa shape index (κ1) is 21.7. The minimum absolute atomic E-state index is 0.0109. The highest BCUT2D eigenvalue weighted by molar-refractivity contribution is 6.30. The van der Waals surface area contributed by atoms with Crippen LogP contribution in [0.1, 0.15) is 32.3 Å². The Bertz CT molecular complexity index is 603. The van der Waals surface area contributed by atoms with Crippen molar-refractivity contribution in [2.24, 2.45) is 0 Å². The second-order valence-electron chi connectivity index (χ2n) is 6.82. The average Bonchev–Trinajstić information content (AvgIpc) is 2.68. The fourth-order valence-electron chi connectivity index (χ4n) is 3.04. The largest absolute Gasteiger partial charge is 0.379 e. The van der Waals surface area contributed by atoms with Gasteiger partial charge in [0.25, 0.3) is 0 Å². The van der Waals surface area contributed by atoms with Gasteiger partial charge in [0.2, 0.25) is 11.8 Å². The van der Waals surface area contributed by atoms with Gasteiger partial charge in [-0.15, -0.1) is 0 Å². The summed E-state index contributed by atoms with van der Waals surface area (Å²) in [5, 5.41) is 3.62. The van der Waals surface area contributed by atoms with Gasteiger partial charge in [0.15, 0.2) is 0 Å². The number of carbonyl (C=O) groups is 2. The SMILES string of the molecule is CCCC(=O)N(Cc1ccc(Cl)cc1)[C@@H](C)C(=O)NCCN1CCOCC1. The lowest BCUT2D eigenvalue weighted by molar-refractivity contribution is -0.140. The maximum atomic E-state index is 12.6. The van der Waals surface area contributed by atoms with Gasteiger partial charge in [-0.25, -0.2) is 0 Å². The third-order valence-electron chi connectivity index (χ3n) is 4.73. The van der Waals surface area contributed by atoms with Gasteiger partial charge in [-0.1, -0.05) is 30.7 Å². The summed E-state index contributed by atoms with van der Waals surface area (Å²) in [4.78, 5) is 29.1. The first-order chi connectivity index (χ1) is 13.0. The first-order valence-electron chi connectivity index (χ1n) is 9.63. The summed E-state index contributed by atoms with van der Waals surface area (Å²) in [7, 11) is 0. The lowest BCUT2D eigenvalue weighted by Crippen LogP contribution is -2.49. The van der Waals surface area contributed by atoms with Crippen molar-refractivity contribution in [3.8, 4) is 0 Å². The summed E-state index contributed by atoms with van der Waals surface area (Å²) < 4.78 is 5.33. The van der Waals surface area contributed by atoms with E-state index in [1.165, 1.54) is 0 Å². The Balaban J connectivity index is 1.92. The molecule has 1 N–H and O–H groups in total. The van der Waals surface area contributed by atoms with Gasteiger partial charge < -0.3 is 15.0 Å². The fourth-order valence-corrected chi connectivity index (χ4v) is 3.16. The van der Waals surface area contributed by atoms with Crippen molar-refractivity contribution in [3.05, 3.63) is 34.9 Å². The van der Waals surface area contributed by atoms with Crippen molar-refractivity contribution < 1.29 is 14.3 Å². The van der Waals surface area contributed by atoms with Crippen molar-refractivity contribution in [1.29, 1.82) is 0 Å². The highest BCUT2D eigenvalue weighted by Crippen LogP contribution is 2.15. The Hall–Kier alpha value is -1.63. The molecule has 1 saturated heterocycles. The van der Waals surface area contributed by atoms with Crippen molar-refractivity contribution in [1.82, 2.24) is 15.1 Å². The number of benzene rings is 1. The summed E-state index contributed by atoms with van der Waals surface area (Å²) in [5.74, 6) is -0.134. The Labute approximate surface area is 166 Å². The van der Waals surface area contributed by atoms with E-state index in [4.69, 9.17) is 16.3 Å². The first-order valence-corrected chi connectivity index (χ1v) is 10.0. The molecule has 1 aromatic carbocycles. The summed E-state index contributed by atoms with van der Waals surface area (Å²) in [6.45, 7) is 8.77. The van der Waals surface area contributed by atoms with Crippen LogP contribution in [0.25, 0.3) is 0 Å². The number of morpholine rings is 1. The monoisotopic (exact) mass is 395 g/mol. The van der Waals surface area contributed by atoms with Crippen LogP contribution < -0.4 is 5.32 Å². The number of ether oxygens (including phenoxy) is 1. The number of hydrogen-bond acceptors (Lipinski definition) is 4. The molecule has 7 heteroatoms. The van der Waals surface area contributed by atoms with Crippen LogP contribution in [0.3, 0.4) is 0 Å². The molecule has 0 aliphatic carbocycles. The van der Waals surface area contributed by atoms with E-state index in [2.05, 4.69) is 10.2 Å². The Kier molecular flexibility index (Phi) is 9.04. The normalized spacial score (nSPS) is 16.0. The predicted molar refractivity (Wildman–Crippen MR) is 107 cm³/mol. The second-order valence-corrected chi connectivity index (χ2v) is 7.26. The molecule has 2 amide bonds. The van der Waals surface area contributed by atoms with E-state index < -0.39 is 6.04 Å². The van der Waals surface area contributed by atoms with E-state index in [-0.39, 0.29) is 11.8 Å². The number of halogens is 1. The van der Waals surface area contributed by atoms with E-state index in [9.17, 15) is 9.59 Å². The number of carbonyl (C=O) groups excluding carboxylic acids is 2. The summed E-state index contributed by atoms with van der Waals surface area (Å²) in [6.07, 6.45) is 1.18. The molecule has 1 aliphatic heterocycles. The molecule has 1 aliphatic rings. The van der Waals surface area contributed by atoms with Crippen LogP contribution in [-0.4, -0.2) is 67.0 Å². The van der Waals surface area contributed by atoms with Gasteiger partial charge in [0, 0.05) is 44.2 Å². The number of rotatable bonds is 9. The summed E-state index contributed by atoms with van der Waals surface area (Å²) >= 11 is 5.94. The fraction of sp³-hybridized carbons (Fsp3) is 0.600. The number of nitrogens with zero attached hydrogens (tertiary/aromatic N) is 2. The van der Waals surface area contributed by atoms with E-state index >= 15 is 0 Å². The van der Waals surface area contributed by atoms with Crippen LogP contribution in [0, 0.1) is 0 Å². The number of amides is 2. The molecule has 0 unspecified atom stereocenters. The maximum absolute atomic E-state index is 12.6. The van der Waals surface area contributed by atoms with Crippen LogP contribution in [0.4, 0.5) is 0 Å². The summed E-state index contributed by atoms with van der Waals surface area (Å²) in [5.41, 5.74) is 0.955. The van der Waals surface area contributed by atoms with Crippen LogP contribution in [0.5, 0.6) is 0 Å². The zero-order valence-corrected chi connectivity index (χ0v) is 17.0. The molecule has 6 nitrogen and oxygen atoms in total. The number of nitrogens with one attached hydrogen (secondary N) is 1. The highest BCUT2D eigenvalue weighted by Gasteiger charge is 2.25. The number of hydrogen-bond donors (Lipinski definition) is 1. The molecule has 0 spiro atoms. The molecule has 2 rings (SSSR count). The van der Waals surface area contributed by atoms with Crippen LogP contribution in [0.2, 0.25) is 5.02 Å². The van der Waals surface area contributed by atoms with E-state index in [0.29, 0.717) is 24.5 Å². The predicted octanol–water partition coefficient (Wildman–Crippen LogP) is 2.31. The molecule has 0 aromatic heterocycles. The molecule has 27 heavy (non-hydrogen) atoms. The van der Waals surface area contributed by atoms with Crippen LogP contribution in [-0.2, 0) is 20.9 Å².